The number of carbonyl (C=O) groups excluding carboxylic acids is 2. The van der Waals surface area contributed by atoms with Crippen molar-refractivity contribution in [3.05, 3.63) is 75.4 Å². The third-order valence-corrected chi connectivity index (χ3v) is 16.6. The molecule has 464 valence electrons. The summed E-state index contributed by atoms with van der Waals surface area (Å²) in [7, 11) is 2.86. The van der Waals surface area contributed by atoms with E-state index in [4.69, 9.17) is 33.2 Å². The van der Waals surface area contributed by atoms with Crippen molar-refractivity contribution in [3.8, 4) is 11.1 Å². The second kappa shape index (κ2) is 31.2. The zero-order valence-electron chi connectivity index (χ0n) is 50.8. The third kappa shape index (κ3) is 19.6. The van der Waals surface area contributed by atoms with Crippen LogP contribution in [0.4, 0.5) is 57.4 Å². The summed E-state index contributed by atoms with van der Waals surface area (Å²) in [5.41, 5.74) is 5.48. The largest absolute Gasteiger partial charge is 0.495 e. The molecule has 4 atom stereocenters. The smallest absolute Gasteiger partial charge is 0.399 e. The van der Waals surface area contributed by atoms with Crippen molar-refractivity contribution in [2.75, 3.05) is 137 Å². The normalized spacial score (nSPS) is 20.0. The van der Waals surface area contributed by atoms with E-state index >= 15 is 0 Å². The third-order valence-electron chi connectivity index (χ3n) is 16.0. The van der Waals surface area contributed by atoms with Gasteiger partial charge in [-0.25, -0.2) is 19.6 Å². The number of amides is 4. The molecule has 7 heterocycles. The summed E-state index contributed by atoms with van der Waals surface area (Å²) in [6, 6.07) is 19.9. The second-order valence-electron chi connectivity index (χ2n) is 23.3. The van der Waals surface area contributed by atoms with Gasteiger partial charge in [0.1, 0.15) is 23.3 Å². The van der Waals surface area contributed by atoms with Gasteiger partial charge in [0.05, 0.1) is 50.8 Å². The Balaban J connectivity index is 0.000000209. The number of rotatable bonds is 16. The first kappa shape index (κ1) is 68.3. The molecule has 4 aromatic rings. The predicted molar refractivity (Wildman–Crippen MR) is 343 cm³/mol. The first-order valence-electron chi connectivity index (χ1n) is 29.0. The monoisotopic (exact) mass is 1300 g/mol. The first-order valence-corrected chi connectivity index (χ1v) is 30.1. The van der Waals surface area contributed by atoms with Crippen LogP contribution in [0, 0.1) is 29.3 Å². The number of methoxy groups -OCH3 is 2. The molecule has 18 nitrogen and oxygen atoms in total. The van der Waals surface area contributed by atoms with Gasteiger partial charge in [0, 0.05) is 100 Å². The minimum atomic E-state index is -4.20. The molecule has 5 aliphatic rings. The lowest BCUT2D eigenvalue weighted by Crippen LogP contribution is -2.41. The standard InChI is InChI=1S/C27H39N5O3.C20H28BF3N2O3.C13H20IN3O2.H2S/c1-5-21-8-9-32(17-21)27(33)29-23-7-6-19(2)24(16-23)22-14-25(28-20(3)18-34-4)30-26(15-22)31-10-12-35-13-11-31;1-13-6-7-15(10-16(13)21-28-18(2,3)19(4,5)29-21)25-17(27)26-9-8-14(12-26)11-20(22,23)24;1-10(9-18-2)15-12-7-11(14)8-13(16-12)17-3-5-19-6-4-17;/h6-7,14-16,20-21H,5,8-13,17-18H2,1-4H3,(H,28,30)(H,29,33);6-7,10,14H,8-9,11-12H2,1-5H3,(H,25,27);7-8,10H,3-6,9H2,1-2H3,(H,15,16);1H2/t20-,21-;14-;10-;/m101./s1. The summed E-state index contributed by atoms with van der Waals surface area (Å²) in [5.74, 6) is 3.72. The molecule has 84 heavy (non-hydrogen) atoms. The SMILES string of the molecule is CC[C@@H]1CCN(C(=O)Nc2ccc(C)c(-c3cc(N[C@H](C)COC)nc(N4CCOCC4)c3)c2)C1.COC[C@@H](C)Nc1cc(I)cc(N2CCOCC2)n1.Cc1ccc(NC(=O)N2CC[C@@H](CC(F)(F)F)C2)cc1B1OC(C)(C)C(C)(C)O1.S. The topological polar surface area (TPSA) is 176 Å². The summed E-state index contributed by atoms with van der Waals surface area (Å²) in [6.45, 7) is 28.0. The minimum Gasteiger partial charge on any atom is -0.399 e. The van der Waals surface area contributed by atoms with Gasteiger partial charge >= 0.3 is 25.4 Å². The Labute approximate surface area is 516 Å². The van der Waals surface area contributed by atoms with Gasteiger partial charge in [-0.15, -0.1) is 0 Å². The predicted octanol–water partition coefficient (Wildman–Crippen LogP) is 10.8. The van der Waals surface area contributed by atoms with E-state index in [-0.39, 0.29) is 38.2 Å². The van der Waals surface area contributed by atoms with E-state index in [1.165, 1.54) is 8.47 Å². The van der Waals surface area contributed by atoms with Gasteiger partial charge in [0.2, 0.25) is 0 Å². The zero-order chi connectivity index (χ0) is 60.1. The number of morpholine rings is 2. The van der Waals surface area contributed by atoms with Crippen molar-refractivity contribution < 1.29 is 51.0 Å². The summed E-state index contributed by atoms with van der Waals surface area (Å²) >= 11 is 2.33. The van der Waals surface area contributed by atoms with Crippen LogP contribution in [0.5, 0.6) is 0 Å². The highest BCUT2D eigenvalue weighted by Gasteiger charge is 2.52. The summed E-state index contributed by atoms with van der Waals surface area (Å²) in [4.78, 5) is 42.9. The van der Waals surface area contributed by atoms with Crippen molar-refractivity contribution in [1.82, 2.24) is 19.8 Å². The fourth-order valence-corrected chi connectivity index (χ4v) is 11.1. The van der Waals surface area contributed by atoms with Crippen LogP contribution < -0.4 is 36.5 Å². The van der Waals surface area contributed by atoms with Crippen molar-refractivity contribution in [2.24, 2.45) is 11.8 Å². The molecule has 0 radical (unpaired) electrons. The Hall–Kier alpha value is -4.83. The fourth-order valence-electron chi connectivity index (χ4n) is 10.5. The van der Waals surface area contributed by atoms with E-state index in [2.05, 4.69) is 123 Å². The molecule has 5 aliphatic heterocycles. The van der Waals surface area contributed by atoms with Crippen LogP contribution in [0.25, 0.3) is 11.1 Å². The Bertz CT molecular complexity index is 2760. The minimum absolute atomic E-state index is 0. The quantitative estimate of drug-likeness (QED) is 0.0616. The molecule has 0 aliphatic carbocycles. The van der Waals surface area contributed by atoms with Crippen LogP contribution in [0.3, 0.4) is 0 Å². The van der Waals surface area contributed by atoms with Crippen molar-refractivity contribution in [3.63, 3.8) is 0 Å². The van der Waals surface area contributed by atoms with Gasteiger partial charge in [-0.2, -0.15) is 26.7 Å². The molecule has 0 saturated carbocycles. The molecule has 5 saturated heterocycles. The molecule has 0 unspecified atom stereocenters. The summed E-state index contributed by atoms with van der Waals surface area (Å²) < 4.78 is 72.5. The number of aromatic nitrogens is 2. The van der Waals surface area contributed by atoms with Crippen LogP contribution >= 0.6 is 36.1 Å². The van der Waals surface area contributed by atoms with Crippen LogP contribution in [-0.4, -0.2) is 175 Å². The highest BCUT2D eigenvalue weighted by atomic mass is 127. The maximum atomic E-state index is 12.9. The number of nitrogens with one attached hydrogen (secondary N) is 4. The number of ether oxygens (including phenoxy) is 4. The van der Waals surface area contributed by atoms with Gasteiger partial charge in [-0.3, -0.25) is 0 Å². The number of aryl methyl sites for hydroxylation is 2. The lowest BCUT2D eigenvalue weighted by Gasteiger charge is -2.32. The molecule has 9 rings (SSSR count). The molecule has 2 aromatic heterocycles. The maximum Gasteiger partial charge on any atom is 0.495 e. The molecule has 0 spiro atoms. The van der Waals surface area contributed by atoms with Gasteiger partial charge in [0.15, 0.2) is 0 Å². The van der Waals surface area contributed by atoms with Gasteiger partial charge < -0.3 is 69.1 Å². The highest BCUT2D eigenvalue weighted by Crippen LogP contribution is 2.38. The van der Waals surface area contributed by atoms with E-state index in [0.717, 1.165) is 122 Å². The number of hydrogen-bond donors (Lipinski definition) is 4. The summed E-state index contributed by atoms with van der Waals surface area (Å²) in [6.07, 6.45) is -2.49. The Morgan fingerprint density at radius 3 is 1.68 bits per heavy atom. The number of alkyl halides is 3. The average Bonchev–Trinajstić information content (AvgIpc) is 2.34. The Morgan fingerprint density at radius 1 is 0.702 bits per heavy atom. The van der Waals surface area contributed by atoms with Crippen molar-refractivity contribution in [1.29, 1.82) is 0 Å². The average molecular weight is 1310 g/mol. The number of halogens is 4. The molecule has 4 N–H and O–H groups in total. The number of urea groups is 2. The van der Waals surface area contributed by atoms with Gasteiger partial charge in [-0.1, -0.05) is 31.0 Å². The Kier molecular flexibility index (Phi) is 25.4. The number of pyridine rings is 2. The van der Waals surface area contributed by atoms with E-state index < -0.39 is 42.9 Å². The van der Waals surface area contributed by atoms with E-state index in [9.17, 15) is 22.8 Å². The number of nitrogens with zero attached hydrogens (tertiary/aromatic N) is 6. The van der Waals surface area contributed by atoms with Crippen molar-refractivity contribution >= 4 is 95.4 Å². The van der Waals surface area contributed by atoms with Crippen LogP contribution in [0.2, 0.25) is 0 Å². The van der Waals surface area contributed by atoms with Crippen molar-refractivity contribution in [2.45, 2.75) is 117 Å². The lowest BCUT2D eigenvalue weighted by molar-refractivity contribution is -0.143. The number of carbonyl (C=O) groups is 2. The van der Waals surface area contributed by atoms with E-state index in [1.54, 1.807) is 26.4 Å². The van der Waals surface area contributed by atoms with Crippen LogP contribution in [0.1, 0.15) is 85.3 Å². The number of anilines is 6. The lowest BCUT2D eigenvalue weighted by atomic mass is 9.76. The number of benzene rings is 2. The number of hydrogen-bond acceptors (Lipinski definition) is 14. The van der Waals surface area contributed by atoms with Gasteiger partial charge in [-0.05, 0) is 173 Å². The van der Waals surface area contributed by atoms with E-state index in [0.29, 0.717) is 51.0 Å². The van der Waals surface area contributed by atoms with Gasteiger partial charge in [0.25, 0.3) is 0 Å². The van der Waals surface area contributed by atoms with Crippen LogP contribution in [-0.2, 0) is 28.3 Å². The molecule has 0 bridgehead atoms. The van der Waals surface area contributed by atoms with E-state index in [1.807, 2.05) is 51.7 Å². The molecule has 5 fully saturated rings. The summed E-state index contributed by atoms with van der Waals surface area (Å²) in [5, 5.41) is 12.8. The zero-order valence-corrected chi connectivity index (χ0v) is 54.0. The molecular formula is C60H89BF3IN10O8S. The Morgan fingerprint density at radius 2 is 1.18 bits per heavy atom. The molecule has 4 amide bonds. The first-order chi connectivity index (χ1) is 39.4. The van der Waals surface area contributed by atoms with Crippen LogP contribution in [0.15, 0.2) is 60.7 Å². The molecule has 2 aromatic carbocycles. The highest BCUT2D eigenvalue weighted by molar-refractivity contribution is 14.1. The number of likely N-dealkylation sites (tertiary alicyclic amines) is 2. The second-order valence-corrected chi connectivity index (χ2v) is 24.6. The maximum absolute atomic E-state index is 12.9. The molecule has 24 heteroatoms. The fraction of sp³-hybridized carbons (Fsp3) is 0.600. The molecular weight excluding hydrogens is 1220 g/mol.